The first kappa shape index (κ1) is 28.9. The summed E-state index contributed by atoms with van der Waals surface area (Å²) in [6.07, 6.45) is 5.41. The maximum absolute atomic E-state index is 13.1. The molecule has 0 spiro atoms. The predicted molar refractivity (Wildman–Crippen MR) is 153 cm³/mol. The molecule has 0 saturated heterocycles. The Morgan fingerprint density at radius 2 is 1.77 bits per heavy atom. The molecule has 2 N–H and O–H groups in total. The molecule has 208 valence electrons. The van der Waals surface area contributed by atoms with E-state index in [1.54, 1.807) is 53.5 Å². The van der Waals surface area contributed by atoms with Gasteiger partial charge in [-0.2, -0.15) is 0 Å². The van der Waals surface area contributed by atoms with Crippen molar-refractivity contribution in [2.24, 2.45) is 0 Å². The maximum Gasteiger partial charge on any atom is 0.262 e. The molecule has 0 fully saturated rings. The molecule has 2 amide bonds. The number of carbonyl (C=O) groups excluding carboxylic acids is 2. The van der Waals surface area contributed by atoms with Crippen LogP contribution < -0.4 is 19.8 Å². The number of nitrogens with one attached hydrogen (secondary N) is 2. The van der Waals surface area contributed by atoms with Crippen molar-refractivity contribution in [3.05, 3.63) is 101 Å². The van der Waals surface area contributed by atoms with Gasteiger partial charge in [0.05, 0.1) is 22.2 Å². The van der Waals surface area contributed by atoms with Crippen LogP contribution in [0.3, 0.4) is 0 Å². The molecule has 0 aliphatic carbocycles. The van der Waals surface area contributed by atoms with Crippen LogP contribution in [-0.4, -0.2) is 43.0 Å². The van der Waals surface area contributed by atoms with Crippen molar-refractivity contribution in [3.8, 4) is 11.5 Å². The lowest BCUT2D eigenvalue weighted by Gasteiger charge is -2.22. The number of amides is 2. The number of hydrogen-bond acceptors (Lipinski definition) is 6. The van der Waals surface area contributed by atoms with E-state index in [9.17, 15) is 18.0 Å². The largest absolute Gasteiger partial charge is 0.454 e. The Hall–Kier alpha value is -4.06. The summed E-state index contributed by atoms with van der Waals surface area (Å²) >= 11 is 12.1. The van der Waals surface area contributed by atoms with E-state index in [0.29, 0.717) is 23.7 Å². The van der Waals surface area contributed by atoms with Crippen LogP contribution in [0.4, 0.5) is 5.69 Å². The minimum atomic E-state index is -4.04. The first-order valence-corrected chi connectivity index (χ1v) is 14.3. The third kappa shape index (κ3) is 7.12. The minimum absolute atomic E-state index is 0.0753. The zero-order valence-corrected chi connectivity index (χ0v) is 23.6. The molecule has 0 saturated carbocycles. The van der Waals surface area contributed by atoms with Crippen molar-refractivity contribution >= 4 is 50.7 Å². The third-order valence-electron chi connectivity index (χ3n) is 5.56. The van der Waals surface area contributed by atoms with Crippen molar-refractivity contribution in [2.75, 3.05) is 22.8 Å². The molecule has 0 radical (unpaired) electrons. The van der Waals surface area contributed by atoms with Gasteiger partial charge in [0.15, 0.2) is 5.75 Å². The van der Waals surface area contributed by atoms with E-state index in [1.165, 1.54) is 41.7 Å². The first-order chi connectivity index (χ1) is 19.2. The van der Waals surface area contributed by atoms with Gasteiger partial charge in [-0.25, -0.2) is 23.1 Å². The normalized spacial score (nSPS) is 11.1. The summed E-state index contributed by atoms with van der Waals surface area (Å²) in [4.78, 5) is 29.2. The lowest BCUT2D eigenvalue weighted by Crippen LogP contribution is -2.46. The van der Waals surface area contributed by atoms with Gasteiger partial charge in [-0.15, -0.1) is 0 Å². The average Bonchev–Trinajstić information content (AvgIpc) is 3.47. The van der Waals surface area contributed by atoms with Gasteiger partial charge < -0.3 is 10.1 Å². The second-order valence-corrected chi connectivity index (χ2v) is 11.0. The number of anilines is 1. The van der Waals surface area contributed by atoms with Gasteiger partial charge in [0.2, 0.25) is 0 Å². The Morgan fingerprint density at radius 3 is 2.45 bits per heavy atom. The van der Waals surface area contributed by atoms with E-state index in [-0.39, 0.29) is 39.4 Å². The van der Waals surface area contributed by atoms with Crippen LogP contribution in [0.25, 0.3) is 0 Å². The minimum Gasteiger partial charge on any atom is -0.454 e. The summed E-state index contributed by atoms with van der Waals surface area (Å²) < 4.78 is 36.1. The Morgan fingerprint density at radius 1 is 1.02 bits per heavy atom. The number of imidazole rings is 1. The van der Waals surface area contributed by atoms with Gasteiger partial charge >= 0.3 is 0 Å². The van der Waals surface area contributed by atoms with Crippen LogP contribution in [0, 0.1) is 0 Å². The SMILES string of the molecule is CCCN(C(=O)CNC(=O)c1ccc(S(=O)(=O)Nc2ccccc2Oc2ccc(Cl)cc2Cl)cc1)n1ccnc1. The summed E-state index contributed by atoms with van der Waals surface area (Å²) in [6.45, 7) is 2.14. The fourth-order valence-corrected chi connectivity index (χ4v) is 5.15. The molecule has 4 rings (SSSR count). The van der Waals surface area contributed by atoms with Crippen molar-refractivity contribution in [3.63, 3.8) is 0 Å². The zero-order chi connectivity index (χ0) is 28.7. The molecular formula is C27H25Cl2N5O5S. The van der Waals surface area contributed by atoms with Gasteiger partial charge in [0.25, 0.3) is 21.8 Å². The predicted octanol–water partition coefficient (Wildman–Crippen LogP) is 5.09. The molecule has 0 atom stereocenters. The molecule has 13 heteroatoms. The maximum atomic E-state index is 13.1. The molecule has 10 nitrogen and oxygen atoms in total. The van der Waals surface area contributed by atoms with Crippen LogP contribution in [0.1, 0.15) is 23.7 Å². The van der Waals surface area contributed by atoms with Gasteiger partial charge in [-0.05, 0) is 61.0 Å². The number of ether oxygens (including phenoxy) is 1. The van der Waals surface area contributed by atoms with E-state index < -0.39 is 15.9 Å². The Balaban J connectivity index is 1.42. The highest BCUT2D eigenvalue weighted by molar-refractivity contribution is 7.92. The lowest BCUT2D eigenvalue weighted by molar-refractivity contribution is -0.119. The van der Waals surface area contributed by atoms with Crippen molar-refractivity contribution in [1.82, 2.24) is 15.0 Å². The molecule has 0 unspecified atom stereocenters. The molecule has 1 aromatic heterocycles. The Kier molecular flexibility index (Phi) is 9.30. The number of hydrogen-bond donors (Lipinski definition) is 2. The molecule has 0 aliphatic rings. The first-order valence-electron chi connectivity index (χ1n) is 12.1. The molecule has 40 heavy (non-hydrogen) atoms. The number of benzene rings is 3. The molecular weight excluding hydrogens is 577 g/mol. The van der Waals surface area contributed by atoms with E-state index >= 15 is 0 Å². The summed E-state index contributed by atoms with van der Waals surface area (Å²) in [5.41, 5.74) is 0.376. The smallest absolute Gasteiger partial charge is 0.262 e. The van der Waals surface area contributed by atoms with Crippen molar-refractivity contribution in [2.45, 2.75) is 18.2 Å². The zero-order valence-electron chi connectivity index (χ0n) is 21.3. The third-order valence-corrected chi connectivity index (χ3v) is 7.48. The van der Waals surface area contributed by atoms with Crippen LogP contribution >= 0.6 is 23.2 Å². The topological polar surface area (TPSA) is 123 Å². The molecule has 0 aliphatic heterocycles. The summed E-state index contributed by atoms with van der Waals surface area (Å²) in [5.74, 6) is -0.318. The summed E-state index contributed by atoms with van der Waals surface area (Å²) in [5, 5.41) is 4.74. The van der Waals surface area contributed by atoms with E-state index in [2.05, 4.69) is 15.0 Å². The van der Waals surface area contributed by atoms with Gasteiger partial charge in [-0.3, -0.25) is 14.3 Å². The number of para-hydroxylation sites is 2. The van der Waals surface area contributed by atoms with Gasteiger partial charge in [0, 0.05) is 29.5 Å². The number of nitrogens with zero attached hydrogens (tertiary/aromatic N) is 3. The molecule has 0 bridgehead atoms. The molecule has 1 heterocycles. The average molecular weight is 603 g/mol. The Bertz CT molecular complexity index is 1600. The second-order valence-electron chi connectivity index (χ2n) is 8.45. The number of rotatable bonds is 11. The number of halogens is 2. The summed E-state index contributed by atoms with van der Waals surface area (Å²) in [6, 6.07) is 16.5. The summed E-state index contributed by atoms with van der Waals surface area (Å²) in [7, 11) is -4.04. The fraction of sp³-hybridized carbons (Fsp3) is 0.148. The van der Waals surface area contributed by atoms with Gasteiger partial charge in [-0.1, -0.05) is 42.3 Å². The highest BCUT2D eigenvalue weighted by Crippen LogP contribution is 2.35. The van der Waals surface area contributed by atoms with Crippen LogP contribution in [-0.2, 0) is 14.8 Å². The standard InChI is InChI=1S/C27H25Cl2N5O5S/c1-2-14-34(33-15-13-30-18-33)26(35)17-31-27(36)19-7-10-21(11-8-19)40(37,38)32-23-5-3-4-6-25(23)39-24-12-9-20(28)16-22(24)29/h3-13,15-16,18,32H,2,14,17H2,1H3,(H,31,36). The highest BCUT2D eigenvalue weighted by Gasteiger charge is 2.19. The monoisotopic (exact) mass is 601 g/mol. The number of aromatic nitrogens is 2. The van der Waals surface area contributed by atoms with E-state index in [0.717, 1.165) is 0 Å². The van der Waals surface area contributed by atoms with E-state index in [4.69, 9.17) is 27.9 Å². The highest BCUT2D eigenvalue weighted by atomic mass is 35.5. The fourth-order valence-electron chi connectivity index (χ4n) is 3.63. The van der Waals surface area contributed by atoms with Gasteiger partial charge in [0.1, 0.15) is 12.1 Å². The van der Waals surface area contributed by atoms with Crippen LogP contribution in [0.2, 0.25) is 10.0 Å². The number of sulfonamides is 1. The lowest BCUT2D eigenvalue weighted by atomic mass is 10.2. The number of carbonyl (C=O) groups is 2. The quantitative estimate of drug-likeness (QED) is 0.247. The van der Waals surface area contributed by atoms with Crippen molar-refractivity contribution in [1.29, 1.82) is 0 Å². The van der Waals surface area contributed by atoms with Crippen molar-refractivity contribution < 1.29 is 22.7 Å². The second kappa shape index (κ2) is 12.9. The van der Waals surface area contributed by atoms with E-state index in [1.807, 2.05) is 6.92 Å². The van der Waals surface area contributed by atoms with Crippen LogP contribution in [0.5, 0.6) is 11.5 Å². The molecule has 4 aromatic rings. The van der Waals surface area contributed by atoms with Crippen LogP contribution in [0.15, 0.2) is 90.3 Å². The molecule has 3 aromatic carbocycles. The Labute approximate surface area is 241 Å².